The van der Waals surface area contributed by atoms with Gasteiger partial charge in [-0.25, -0.2) is 9.78 Å². The van der Waals surface area contributed by atoms with Gasteiger partial charge in [0.1, 0.15) is 0 Å². The summed E-state index contributed by atoms with van der Waals surface area (Å²) in [5.74, 6) is 0.258. The molecule has 4 rings (SSSR count). The second-order valence-corrected chi connectivity index (χ2v) is 8.06. The monoisotopic (exact) mass is 399 g/mol. The average Bonchev–Trinajstić information content (AvgIpc) is 3.29. The largest absolute Gasteiger partial charge is 0.345 e. The number of piperazine rings is 1. The lowest BCUT2D eigenvalue weighted by atomic mass is 9.95. The number of hydrogen-bond acceptors (Lipinski definition) is 5. The van der Waals surface area contributed by atoms with Crippen molar-refractivity contribution >= 4 is 34.1 Å². The van der Waals surface area contributed by atoms with E-state index in [0.717, 1.165) is 49.8 Å². The molecule has 3 heterocycles. The van der Waals surface area contributed by atoms with Gasteiger partial charge in [0.15, 0.2) is 5.13 Å². The lowest BCUT2D eigenvalue weighted by Crippen LogP contribution is -2.52. The van der Waals surface area contributed by atoms with E-state index in [4.69, 9.17) is 0 Å². The number of benzene rings is 1. The van der Waals surface area contributed by atoms with E-state index in [2.05, 4.69) is 15.2 Å². The average molecular weight is 400 g/mol. The third-order valence-electron chi connectivity index (χ3n) is 5.44. The molecule has 7 nitrogen and oxygen atoms in total. The van der Waals surface area contributed by atoms with Gasteiger partial charge in [-0.3, -0.25) is 4.79 Å². The minimum Gasteiger partial charge on any atom is -0.345 e. The van der Waals surface area contributed by atoms with Gasteiger partial charge in [0.2, 0.25) is 5.91 Å². The predicted molar refractivity (Wildman–Crippen MR) is 111 cm³/mol. The number of carbonyl (C=O) groups is 2. The number of thiazole rings is 1. The maximum absolute atomic E-state index is 12.9. The molecule has 2 saturated heterocycles. The van der Waals surface area contributed by atoms with Gasteiger partial charge < -0.3 is 20.0 Å². The van der Waals surface area contributed by atoms with Crippen LogP contribution in [0.3, 0.4) is 0 Å². The Morgan fingerprint density at radius 1 is 0.964 bits per heavy atom. The molecule has 0 radical (unpaired) electrons. The number of urea groups is 1. The van der Waals surface area contributed by atoms with Gasteiger partial charge in [-0.1, -0.05) is 18.2 Å². The van der Waals surface area contributed by atoms with E-state index in [1.807, 2.05) is 46.8 Å². The van der Waals surface area contributed by atoms with Crippen molar-refractivity contribution in [1.82, 2.24) is 14.8 Å². The van der Waals surface area contributed by atoms with E-state index in [1.54, 1.807) is 16.2 Å². The van der Waals surface area contributed by atoms with Crippen molar-refractivity contribution in [3.63, 3.8) is 0 Å². The first-order valence-corrected chi connectivity index (χ1v) is 10.6. The second kappa shape index (κ2) is 8.60. The Kier molecular flexibility index (Phi) is 5.76. The maximum atomic E-state index is 12.9. The molecule has 0 spiro atoms. The minimum atomic E-state index is -0.0887. The Morgan fingerprint density at radius 3 is 2.32 bits per heavy atom. The summed E-state index contributed by atoms with van der Waals surface area (Å²) in [5.41, 5.74) is 0.795. The number of anilines is 2. The molecule has 2 aliphatic rings. The molecular weight excluding hydrogens is 374 g/mol. The molecule has 148 valence electrons. The molecule has 1 N–H and O–H groups in total. The van der Waals surface area contributed by atoms with Crippen molar-refractivity contribution in [3.8, 4) is 0 Å². The van der Waals surface area contributed by atoms with Gasteiger partial charge in [-0.05, 0) is 25.0 Å². The van der Waals surface area contributed by atoms with Gasteiger partial charge in [0.25, 0.3) is 0 Å². The lowest BCUT2D eigenvalue weighted by molar-refractivity contribution is -0.137. The number of nitrogens with zero attached hydrogens (tertiary/aromatic N) is 4. The summed E-state index contributed by atoms with van der Waals surface area (Å²) < 4.78 is 0. The van der Waals surface area contributed by atoms with E-state index < -0.39 is 0 Å². The molecule has 0 bridgehead atoms. The Labute approximate surface area is 169 Å². The first-order valence-electron chi connectivity index (χ1n) is 9.75. The van der Waals surface area contributed by atoms with Crippen LogP contribution in [0.1, 0.15) is 12.8 Å². The summed E-state index contributed by atoms with van der Waals surface area (Å²) >= 11 is 1.64. The van der Waals surface area contributed by atoms with Crippen molar-refractivity contribution in [2.45, 2.75) is 12.8 Å². The molecule has 28 heavy (non-hydrogen) atoms. The Hall–Kier alpha value is -2.61. The number of hydrogen-bond donors (Lipinski definition) is 1. The van der Waals surface area contributed by atoms with Crippen LogP contribution in [0, 0.1) is 5.92 Å². The molecule has 1 aromatic carbocycles. The van der Waals surface area contributed by atoms with E-state index in [-0.39, 0.29) is 17.9 Å². The molecule has 0 saturated carbocycles. The number of amides is 3. The van der Waals surface area contributed by atoms with Crippen molar-refractivity contribution in [3.05, 3.63) is 41.9 Å². The Bertz CT molecular complexity index is 782. The number of likely N-dealkylation sites (tertiary alicyclic amines) is 1. The Balaban J connectivity index is 1.23. The van der Waals surface area contributed by atoms with E-state index in [9.17, 15) is 9.59 Å². The molecule has 2 aliphatic heterocycles. The highest BCUT2D eigenvalue weighted by molar-refractivity contribution is 7.13. The van der Waals surface area contributed by atoms with Crippen LogP contribution in [0.2, 0.25) is 0 Å². The zero-order chi connectivity index (χ0) is 19.3. The molecule has 1 aromatic heterocycles. The van der Waals surface area contributed by atoms with Crippen molar-refractivity contribution in [1.29, 1.82) is 0 Å². The third kappa shape index (κ3) is 4.27. The Morgan fingerprint density at radius 2 is 1.68 bits per heavy atom. The number of para-hydroxylation sites is 1. The summed E-state index contributed by atoms with van der Waals surface area (Å²) in [6.45, 7) is 4.39. The van der Waals surface area contributed by atoms with E-state index >= 15 is 0 Å². The highest BCUT2D eigenvalue weighted by atomic mass is 32.1. The molecule has 2 fully saturated rings. The second-order valence-electron chi connectivity index (χ2n) is 7.18. The predicted octanol–water partition coefficient (Wildman–Crippen LogP) is 2.74. The highest BCUT2D eigenvalue weighted by Gasteiger charge is 2.32. The summed E-state index contributed by atoms with van der Waals surface area (Å²) in [7, 11) is 0. The van der Waals surface area contributed by atoms with Gasteiger partial charge in [-0.2, -0.15) is 0 Å². The van der Waals surface area contributed by atoms with Crippen molar-refractivity contribution in [2.75, 3.05) is 49.5 Å². The molecule has 8 heteroatoms. The third-order valence-corrected chi connectivity index (χ3v) is 6.27. The van der Waals surface area contributed by atoms with Crippen LogP contribution in [0.5, 0.6) is 0 Å². The number of aromatic nitrogens is 1. The van der Waals surface area contributed by atoms with Crippen LogP contribution in [0.4, 0.5) is 15.6 Å². The standard InChI is InChI=1S/C20H25N5O2S/c26-18(23-11-13-25(14-12-23)20-21-8-15-28-20)16-6-9-24(10-7-16)19(27)22-17-4-2-1-3-5-17/h1-5,8,15-16H,6-7,9-14H2,(H,22,27). The summed E-state index contributed by atoms with van der Waals surface area (Å²) in [6, 6.07) is 9.38. The van der Waals surface area contributed by atoms with Gasteiger partial charge in [0.05, 0.1) is 0 Å². The SMILES string of the molecule is O=C(Nc1ccccc1)N1CCC(C(=O)N2CCN(c3nccs3)CC2)CC1. The van der Waals surface area contributed by atoms with Crippen LogP contribution in [0.15, 0.2) is 41.9 Å². The fourth-order valence-corrected chi connectivity index (χ4v) is 4.50. The van der Waals surface area contributed by atoms with Crippen molar-refractivity contribution < 1.29 is 9.59 Å². The van der Waals surface area contributed by atoms with E-state index in [0.29, 0.717) is 13.1 Å². The summed E-state index contributed by atoms with van der Waals surface area (Å²) in [5, 5.41) is 5.93. The number of nitrogens with one attached hydrogen (secondary N) is 1. The normalized spacial score (nSPS) is 18.2. The van der Waals surface area contributed by atoms with Crippen molar-refractivity contribution in [2.24, 2.45) is 5.92 Å². The zero-order valence-electron chi connectivity index (χ0n) is 15.8. The molecule has 2 aromatic rings. The minimum absolute atomic E-state index is 0.0205. The fourth-order valence-electron chi connectivity index (χ4n) is 3.80. The molecular formula is C20H25N5O2S. The topological polar surface area (TPSA) is 68.8 Å². The smallest absolute Gasteiger partial charge is 0.321 e. The van der Waals surface area contributed by atoms with Crippen LogP contribution in [-0.2, 0) is 4.79 Å². The van der Waals surface area contributed by atoms with Gasteiger partial charge in [0, 0.05) is 62.5 Å². The maximum Gasteiger partial charge on any atom is 0.321 e. The number of carbonyl (C=O) groups excluding carboxylic acids is 2. The van der Waals surface area contributed by atoms with Gasteiger partial charge in [-0.15, -0.1) is 11.3 Å². The fraction of sp³-hybridized carbons (Fsp3) is 0.450. The van der Waals surface area contributed by atoms with E-state index in [1.165, 1.54) is 0 Å². The quantitative estimate of drug-likeness (QED) is 0.862. The molecule has 0 aliphatic carbocycles. The molecule has 0 atom stereocenters. The first-order chi connectivity index (χ1) is 13.7. The van der Waals surface area contributed by atoms with Crippen LogP contribution < -0.4 is 10.2 Å². The number of piperidine rings is 1. The molecule has 3 amide bonds. The van der Waals surface area contributed by atoms with Crippen LogP contribution in [0.25, 0.3) is 0 Å². The summed E-state index contributed by atoms with van der Waals surface area (Å²) in [4.78, 5) is 35.7. The van der Waals surface area contributed by atoms with Crippen LogP contribution in [-0.4, -0.2) is 66.0 Å². The summed E-state index contributed by atoms with van der Waals surface area (Å²) in [6.07, 6.45) is 3.28. The molecule has 0 unspecified atom stereocenters. The van der Waals surface area contributed by atoms with Crippen LogP contribution >= 0.6 is 11.3 Å². The lowest BCUT2D eigenvalue weighted by Gasteiger charge is -2.38. The zero-order valence-corrected chi connectivity index (χ0v) is 16.6. The van der Waals surface area contributed by atoms with Gasteiger partial charge >= 0.3 is 6.03 Å². The highest BCUT2D eigenvalue weighted by Crippen LogP contribution is 2.23. The number of rotatable bonds is 3. The first kappa shape index (κ1) is 18.7.